The van der Waals surface area contributed by atoms with Gasteiger partial charge in [0.2, 0.25) is 10.0 Å². The number of thiophene rings is 1. The number of benzene rings is 1. The van der Waals surface area contributed by atoms with Crippen molar-refractivity contribution in [3.63, 3.8) is 0 Å². The maximum atomic E-state index is 12.0. The lowest BCUT2D eigenvalue weighted by atomic mass is 10.1. The minimum atomic E-state index is -3.41. The third-order valence-electron chi connectivity index (χ3n) is 3.40. The van der Waals surface area contributed by atoms with E-state index in [9.17, 15) is 8.42 Å². The van der Waals surface area contributed by atoms with Crippen molar-refractivity contribution in [2.45, 2.75) is 17.7 Å². The van der Waals surface area contributed by atoms with Gasteiger partial charge in [0.05, 0.1) is 0 Å². The molecule has 0 aliphatic rings. The molecule has 2 aromatic rings. The zero-order valence-corrected chi connectivity index (χ0v) is 18.1. The van der Waals surface area contributed by atoms with Crippen LogP contribution in [0.15, 0.2) is 51.0 Å². The van der Waals surface area contributed by atoms with Gasteiger partial charge < -0.3 is 10.6 Å². The topological polar surface area (TPSA) is 82.6 Å². The number of rotatable bonds is 7. The number of aliphatic imine (C=N–C) groups is 1. The fraction of sp³-hybridized carbons (Fsp3) is 0.312. The van der Waals surface area contributed by atoms with E-state index >= 15 is 0 Å². The zero-order chi connectivity index (χ0) is 17.4. The number of nitrogens with one attached hydrogen (secondary N) is 3. The number of hydrogen-bond donors (Lipinski definition) is 3. The predicted octanol–water partition coefficient (Wildman–Crippen LogP) is 2.32. The molecule has 0 bridgehead atoms. The highest BCUT2D eigenvalue weighted by molar-refractivity contribution is 14.0. The number of hydrogen-bond acceptors (Lipinski definition) is 4. The number of sulfonamides is 1. The van der Waals surface area contributed by atoms with Crippen LogP contribution in [0, 0.1) is 6.92 Å². The monoisotopic (exact) mass is 494 g/mol. The maximum absolute atomic E-state index is 12.0. The summed E-state index contributed by atoms with van der Waals surface area (Å²) in [5, 5.41) is 8.05. The Hall–Kier alpha value is -1.17. The van der Waals surface area contributed by atoms with E-state index in [1.165, 1.54) is 22.5 Å². The Morgan fingerprint density at radius 1 is 1.12 bits per heavy atom. The van der Waals surface area contributed by atoms with Crippen LogP contribution in [0.5, 0.6) is 0 Å². The van der Waals surface area contributed by atoms with Crippen LogP contribution >= 0.6 is 35.3 Å². The normalized spacial score (nSPS) is 11.7. The Kier molecular flexibility index (Phi) is 9.39. The molecule has 0 saturated heterocycles. The van der Waals surface area contributed by atoms with Gasteiger partial charge in [0.15, 0.2) is 5.96 Å². The fourth-order valence-electron chi connectivity index (χ4n) is 2.06. The summed E-state index contributed by atoms with van der Waals surface area (Å²) < 4.78 is 26.8. The maximum Gasteiger partial charge on any atom is 0.250 e. The summed E-state index contributed by atoms with van der Waals surface area (Å²) >= 11 is 1.20. The average Bonchev–Trinajstić information content (AvgIpc) is 3.11. The molecule has 0 unspecified atom stereocenters. The van der Waals surface area contributed by atoms with E-state index in [1.54, 1.807) is 24.6 Å². The minimum absolute atomic E-state index is 0. The molecule has 3 N–H and O–H groups in total. The van der Waals surface area contributed by atoms with E-state index < -0.39 is 10.0 Å². The summed E-state index contributed by atoms with van der Waals surface area (Å²) in [6.45, 7) is 3.45. The molecule has 0 aliphatic heterocycles. The first-order valence-corrected chi connectivity index (χ1v) is 9.91. The third kappa shape index (κ3) is 6.92. The first-order valence-electron chi connectivity index (χ1n) is 7.55. The van der Waals surface area contributed by atoms with E-state index in [4.69, 9.17) is 0 Å². The van der Waals surface area contributed by atoms with E-state index in [2.05, 4.69) is 39.4 Å². The highest BCUT2D eigenvalue weighted by atomic mass is 127. The van der Waals surface area contributed by atoms with Crippen LogP contribution < -0.4 is 15.4 Å². The molecular weight excluding hydrogens is 471 g/mol. The van der Waals surface area contributed by atoms with Gasteiger partial charge in [0, 0.05) is 26.7 Å². The number of aryl methyl sites for hydroxylation is 1. The molecule has 1 aromatic carbocycles. The summed E-state index contributed by atoms with van der Waals surface area (Å²) in [7, 11) is -1.73. The molecule has 2 rings (SSSR count). The van der Waals surface area contributed by atoms with E-state index in [0.29, 0.717) is 23.3 Å². The highest BCUT2D eigenvalue weighted by Crippen LogP contribution is 2.14. The Bertz CT molecular complexity index is 777. The molecule has 9 heteroatoms. The lowest BCUT2D eigenvalue weighted by molar-refractivity contribution is 0.582. The van der Waals surface area contributed by atoms with Crippen LogP contribution in [0.2, 0.25) is 0 Å². The van der Waals surface area contributed by atoms with Crippen molar-refractivity contribution >= 4 is 51.3 Å². The second kappa shape index (κ2) is 10.7. The molecule has 0 fully saturated rings. The average molecular weight is 494 g/mol. The summed E-state index contributed by atoms with van der Waals surface area (Å²) in [5.41, 5.74) is 2.41. The van der Waals surface area contributed by atoms with E-state index in [1.807, 2.05) is 12.1 Å². The van der Waals surface area contributed by atoms with Crippen LogP contribution in [0.4, 0.5) is 0 Å². The third-order valence-corrected chi connectivity index (χ3v) is 6.26. The number of guanidine groups is 1. The Morgan fingerprint density at radius 2 is 1.88 bits per heavy atom. The van der Waals surface area contributed by atoms with Crippen molar-refractivity contribution in [3.8, 4) is 0 Å². The first kappa shape index (κ1) is 21.9. The standard InChI is InChI=1S/C16H22N4O2S2.HI/c1-13-6-3-4-7-14(13)12-19-16(17-2)18-9-10-20-24(21,22)15-8-5-11-23-15;/h3-8,11,20H,9-10,12H2,1-2H3,(H2,17,18,19);1H. The van der Waals surface area contributed by atoms with Gasteiger partial charge in [-0.2, -0.15) is 0 Å². The van der Waals surface area contributed by atoms with Gasteiger partial charge in [-0.3, -0.25) is 4.99 Å². The van der Waals surface area contributed by atoms with Crippen LogP contribution in [-0.4, -0.2) is 34.5 Å². The van der Waals surface area contributed by atoms with Crippen molar-refractivity contribution in [1.29, 1.82) is 0 Å². The molecule has 1 aromatic heterocycles. The number of halogens is 1. The van der Waals surface area contributed by atoms with Gasteiger partial charge in [-0.1, -0.05) is 30.3 Å². The molecule has 0 radical (unpaired) electrons. The molecule has 138 valence electrons. The molecule has 0 amide bonds. The SMILES string of the molecule is CN=C(NCCNS(=O)(=O)c1cccs1)NCc1ccccc1C.I. The van der Waals surface area contributed by atoms with Crippen molar-refractivity contribution in [2.75, 3.05) is 20.1 Å². The highest BCUT2D eigenvalue weighted by Gasteiger charge is 2.13. The van der Waals surface area contributed by atoms with Gasteiger partial charge in [-0.25, -0.2) is 13.1 Å². The van der Waals surface area contributed by atoms with Crippen LogP contribution in [0.1, 0.15) is 11.1 Å². The molecule has 25 heavy (non-hydrogen) atoms. The lowest BCUT2D eigenvalue weighted by Crippen LogP contribution is -2.41. The second-order valence-electron chi connectivity index (χ2n) is 5.11. The quantitative estimate of drug-likeness (QED) is 0.239. The van der Waals surface area contributed by atoms with E-state index in [0.717, 1.165) is 0 Å². The summed E-state index contributed by atoms with van der Waals surface area (Å²) in [6, 6.07) is 11.4. The molecule has 0 spiro atoms. The van der Waals surface area contributed by atoms with Crippen molar-refractivity contribution in [2.24, 2.45) is 4.99 Å². The van der Waals surface area contributed by atoms with Gasteiger partial charge in [0.25, 0.3) is 0 Å². The second-order valence-corrected chi connectivity index (χ2v) is 8.05. The first-order chi connectivity index (χ1) is 11.5. The summed E-state index contributed by atoms with van der Waals surface area (Å²) in [5.74, 6) is 0.633. The Labute approximate surface area is 170 Å². The smallest absolute Gasteiger partial charge is 0.250 e. The Morgan fingerprint density at radius 3 is 2.52 bits per heavy atom. The van der Waals surface area contributed by atoms with Crippen molar-refractivity contribution in [1.82, 2.24) is 15.4 Å². The van der Waals surface area contributed by atoms with Gasteiger partial charge >= 0.3 is 0 Å². The van der Waals surface area contributed by atoms with Crippen LogP contribution in [-0.2, 0) is 16.6 Å². The molecule has 0 saturated carbocycles. The molecule has 6 nitrogen and oxygen atoms in total. The van der Waals surface area contributed by atoms with Gasteiger partial charge in [0.1, 0.15) is 4.21 Å². The molecule has 0 aliphatic carbocycles. The van der Waals surface area contributed by atoms with Gasteiger partial charge in [-0.15, -0.1) is 35.3 Å². The van der Waals surface area contributed by atoms with Crippen LogP contribution in [0.3, 0.4) is 0 Å². The van der Waals surface area contributed by atoms with Crippen molar-refractivity contribution < 1.29 is 8.42 Å². The van der Waals surface area contributed by atoms with E-state index in [-0.39, 0.29) is 30.5 Å². The van der Waals surface area contributed by atoms with Crippen molar-refractivity contribution in [3.05, 3.63) is 52.9 Å². The van der Waals surface area contributed by atoms with Gasteiger partial charge in [-0.05, 0) is 29.5 Å². The lowest BCUT2D eigenvalue weighted by Gasteiger charge is -2.13. The molecule has 1 heterocycles. The summed E-state index contributed by atoms with van der Waals surface area (Å²) in [6.07, 6.45) is 0. The fourth-order valence-corrected chi connectivity index (χ4v) is 4.13. The molecule has 0 atom stereocenters. The largest absolute Gasteiger partial charge is 0.355 e. The Balaban J connectivity index is 0.00000312. The minimum Gasteiger partial charge on any atom is -0.355 e. The summed E-state index contributed by atoms with van der Waals surface area (Å²) in [4.78, 5) is 4.14. The predicted molar refractivity (Wildman–Crippen MR) is 114 cm³/mol. The van der Waals surface area contributed by atoms with Crippen LogP contribution in [0.25, 0.3) is 0 Å². The number of nitrogens with zero attached hydrogens (tertiary/aromatic N) is 1. The molecular formula is C16H23IN4O2S2. The zero-order valence-electron chi connectivity index (χ0n) is 14.2.